The van der Waals surface area contributed by atoms with Crippen molar-refractivity contribution in [3.8, 4) is 0 Å². The number of likely N-dealkylation sites (tertiary alicyclic amines) is 1. The van der Waals surface area contributed by atoms with Gasteiger partial charge in [0.1, 0.15) is 0 Å². The molecule has 5 heteroatoms. The maximum Gasteiger partial charge on any atom is 0.193 e. The van der Waals surface area contributed by atoms with E-state index in [9.17, 15) is 0 Å². The van der Waals surface area contributed by atoms with Gasteiger partial charge in [0, 0.05) is 31.6 Å². The SMILES string of the molecule is CCNC(=NCCCCN1CCC(C)CC1)N(C)CCc1cccs1. The smallest absolute Gasteiger partial charge is 0.193 e. The Balaban J connectivity index is 1.65. The molecule has 2 heterocycles. The summed E-state index contributed by atoms with van der Waals surface area (Å²) in [6, 6.07) is 4.34. The van der Waals surface area contributed by atoms with Crippen molar-refractivity contribution in [3.05, 3.63) is 22.4 Å². The zero-order chi connectivity index (χ0) is 17.9. The van der Waals surface area contributed by atoms with Gasteiger partial charge in [0.25, 0.3) is 0 Å². The van der Waals surface area contributed by atoms with Crippen molar-refractivity contribution in [2.45, 2.75) is 46.0 Å². The molecule has 1 aromatic rings. The lowest BCUT2D eigenvalue weighted by Crippen LogP contribution is -2.40. The van der Waals surface area contributed by atoms with Crippen LogP contribution in [0.2, 0.25) is 0 Å². The highest BCUT2D eigenvalue weighted by atomic mass is 32.1. The normalized spacial score (nSPS) is 17.0. The van der Waals surface area contributed by atoms with Crippen LogP contribution in [0.1, 0.15) is 44.4 Å². The van der Waals surface area contributed by atoms with E-state index in [2.05, 4.69) is 53.5 Å². The fourth-order valence-electron chi connectivity index (χ4n) is 3.23. The Kier molecular flexibility index (Phi) is 9.33. The maximum atomic E-state index is 4.82. The van der Waals surface area contributed by atoms with Gasteiger partial charge in [-0.2, -0.15) is 0 Å². The molecule has 1 saturated heterocycles. The molecule has 4 nitrogen and oxygen atoms in total. The first kappa shape index (κ1) is 20.2. The summed E-state index contributed by atoms with van der Waals surface area (Å²) >= 11 is 1.84. The molecular weight excluding hydrogens is 328 g/mol. The Hall–Kier alpha value is -1.07. The van der Waals surface area contributed by atoms with Crippen LogP contribution < -0.4 is 5.32 Å². The number of nitrogens with one attached hydrogen (secondary N) is 1. The minimum atomic E-state index is 0.924. The van der Waals surface area contributed by atoms with E-state index in [1.165, 1.54) is 50.2 Å². The summed E-state index contributed by atoms with van der Waals surface area (Å²) in [5.74, 6) is 1.97. The molecule has 0 bridgehead atoms. The molecule has 1 aliphatic heterocycles. The van der Waals surface area contributed by atoms with Gasteiger partial charge in [-0.05, 0) is 76.0 Å². The fourth-order valence-corrected chi connectivity index (χ4v) is 3.92. The molecular formula is C20H36N4S. The molecule has 0 aromatic carbocycles. The average Bonchev–Trinajstić information content (AvgIpc) is 3.13. The fraction of sp³-hybridized carbons (Fsp3) is 0.750. The lowest BCUT2D eigenvalue weighted by molar-refractivity contribution is 0.190. The number of nitrogens with zero attached hydrogens (tertiary/aromatic N) is 3. The lowest BCUT2D eigenvalue weighted by atomic mass is 9.99. The molecule has 142 valence electrons. The second kappa shape index (κ2) is 11.5. The Morgan fingerprint density at radius 3 is 2.84 bits per heavy atom. The topological polar surface area (TPSA) is 30.9 Å². The van der Waals surface area contributed by atoms with Crippen LogP contribution >= 0.6 is 11.3 Å². The highest BCUT2D eigenvalue weighted by molar-refractivity contribution is 7.09. The van der Waals surface area contributed by atoms with E-state index in [0.29, 0.717) is 0 Å². The number of likely N-dealkylation sites (N-methyl/N-ethyl adjacent to an activating group) is 1. The second-order valence-corrected chi connectivity index (χ2v) is 8.25. The molecule has 1 aromatic heterocycles. The standard InChI is InChI=1S/C20H36N4S/c1-4-21-20(23(3)14-11-19-8-7-17-25-19)22-12-5-6-13-24-15-9-18(2)10-16-24/h7-8,17-18H,4-6,9-16H2,1-3H3,(H,21,22). The zero-order valence-corrected chi connectivity index (χ0v) is 17.2. The first-order chi connectivity index (χ1) is 12.2. The van der Waals surface area contributed by atoms with Gasteiger partial charge in [-0.25, -0.2) is 0 Å². The third kappa shape index (κ3) is 7.78. The molecule has 0 spiro atoms. The summed E-state index contributed by atoms with van der Waals surface area (Å²) in [5, 5.41) is 5.58. The summed E-state index contributed by atoms with van der Waals surface area (Å²) in [6.07, 6.45) is 6.28. The van der Waals surface area contributed by atoms with Crippen molar-refractivity contribution < 1.29 is 0 Å². The molecule has 0 radical (unpaired) electrons. The maximum absolute atomic E-state index is 4.82. The van der Waals surface area contributed by atoms with Gasteiger partial charge < -0.3 is 15.1 Å². The largest absolute Gasteiger partial charge is 0.357 e. The summed E-state index contributed by atoms with van der Waals surface area (Å²) in [4.78, 5) is 11.2. The molecule has 25 heavy (non-hydrogen) atoms. The lowest BCUT2D eigenvalue weighted by Gasteiger charge is -2.30. The minimum absolute atomic E-state index is 0.924. The molecule has 0 amide bonds. The van der Waals surface area contributed by atoms with Crippen molar-refractivity contribution in [2.75, 3.05) is 46.3 Å². The highest BCUT2D eigenvalue weighted by Gasteiger charge is 2.14. The minimum Gasteiger partial charge on any atom is -0.357 e. The molecule has 1 N–H and O–H groups in total. The molecule has 0 saturated carbocycles. The second-order valence-electron chi connectivity index (χ2n) is 7.22. The Bertz CT molecular complexity index is 478. The van der Waals surface area contributed by atoms with Crippen LogP contribution in [0.3, 0.4) is 0 Å². The number of aliphatic imine (C=N–C) groups is 1. The predicted octanol–water partition coefficient (Wildman–Crippen LogP) is 3.70. The Morgan fingerprint density at radius 2 is 2.16 bits per heavy atom. The van der Waals surface area contributed by atoms with E-state index in [4.69, 9.17) is 4.99 Å². The van der Waals surface area contributed by atoms with E-state index in [0.717, 1.165) is 37.9 Å². The third-order valence-corrected chi connectivity index (χ3v) is 5.93. The van der Waals surface area contributed by atoms with Crippen LogP contribution in [-0.4, -0.2) is 62.1 Å². The van der Waals surface area contributed by atoms with Gasteiger partial charge in [-0.1, -0.05) is 13.0 Å². The van der Waals surface area contributed by atoms with Gasteiger partial charge in [-0.15, -0.1) is 11.3 Å². The van der Waals surface area contributed by atoms with Crippen molar-refractivity contribution in [1.82, 2.24) is 15.1 Å². The van der Waals surface area contributed by atoms with Gasteiger partial charge in [-0.3, -0.25) is 4.99 Å². The number of unbranched alkanes of at least 4 members (excludes halogenated alkanes) is 1. The number of piperidine rings is 1. The number of hydrogen-bond donors (Lipinski definition) is 1. The monoisotopic (exact) mass is 364 g/mol. The molecule has 1 aliphatic rings. The summed E-state index contributed by atoms with van der Waals surface area (Å²) < 4.78 is 0. The van der Waals surface area contributed by atoms with Crippen molar-refractivity contribution in [1.29, 1.82) is 0 Å². The van der Waals surface area contributed by atoms with Crippen LogP contribution in [0.15, 0.2) is 22.5 Å². The van der Waals surface area contributed by atoms with Gasteiger partial charge in [0.2, 0.25) is 0 Å². The highest BCUT2D eigenvalue weighted by Crippen LogP contribution is 2.16. The van der Waals surface area contributed by atoms with Crippen molar-refractivity contribution in [3.63, 3.8) is 0 Å². The summed E-state index contributed by atoms with van der Waals surface area (Å²) in [6.45, 7) is 11.2. The van der Waals surface area contributed by atoms with Crippen LogP contribution in [0.25, 0.3) is 0 Å². The van der Waals surface area contributed by atoms with Crippen LogP contribution in [-0.2, 0) is 6.42 Å². The molecule has 0 atom stereocenters. The predicted molar refractivity (Wildman–Crippen MR) is 111 cm³/mol. The van der Waals surface area contributed by atoms with Crippen molar-refractivity contribution in [2.24, 2.45) is 10.9 Å². The third-order valence-electron chi connectivity index (χ3n) is 4.99. The number of thiophene rings is 1. The molecule has 0 aliphatic carbocycles. The van der Waals surface area contributed by atoms with Crippen LogP contribution in [0.5, 0.6) is 0 Å². The van der Waals surface area contributed by atoms with Crippen LogP contribution in [0.4, 0.5) is 0 Å². The zero-order valence-electron chi connectivity index (χ0n) is 16.3. The van der Waals surface area contributed by atoms with Crippen LogP contribution in [0, 0.1) is 5.92 Å². The van der Waals surface area contributed by atoms with E-state index < -0.39 is 0 Å². The van der Waals surface area contributed by atoms with E-state index >= 15 is 0 Å². The molecule has 0 unspecified atom stereocenters. The van der Waals surface area contributed by atoms with Gasteiger partial charge in [0.15, 0.2) is 5.96 Å². The van der Waals surface area contributed by atoms with Gasteiger partial charge in [0.05, 0.1) is 0 Å². The summed E-state index contributed by atoms with van der Waals surface area (Å²) in [5.41, 5.74) is 0. The van der Waals surface area contributed by atoms with Crippen molar-refractivity contribution >= 4 is 17.3 Å². The quantitative estimate of drug-likeness (QED) is 0.412. The molecule has 1 fully saturated rings. The van der Waals surface area contributed by atoms with E-state index in [-0.39, 0.29) is 0 Å². The Morgan fingerprint density at radius 1 is 1.36 bits per heavy atom. The number of guanidine groups is 1. The first-order valence-electron chi connectivity index (χ1n) is 9.93. The Labute approximate surface area is 158 Å². The van der Waals surface area contributed by atoms with Gasteiger partial charge >= 0.3 is 0 Å². The average molecular weight is 365 g/mol. The molecule has 2 rings (SSSR count). The van der Waals surface area contributed by atoms with E-state index in [1.54, 1.807) is 0 Å². The first-order valence-corrected chi connectivity index (χ1v) is 10.8. The number of rotatable bonds is 9. The number of hydrogen-bond acceptors (Lipinski definition) is 3. The van der Waals surface area contributed by atoms with E-state index in [1.807, 2.05) is 11.3 Å². The summed E-state index contributed by atoms with van der Waals surface area (Å²) in [7, 11) is 2.14.